The van der Waals surface area contributed by atoms with Crippen LogP contribution in [0.4, 0.5) is 4.79 Å². The Morgan fingerprint density at radius 1 is 1.30 bits per heavy atom. The fourth-order valence-corrected chi connectivity index (χ4v) is 4.79. The van der Waals surface area contributed by atoms with E-state index in [9.17, 15) is 9.59 Å². The predicted molar refractivity (Wildman–Crippen MR) is 103 cm³/mol. The summed E-state index contributed by atoms with van der Waals surface area (Å²) < 4.78 is 113. The fourth-order valence-electron chi connectivity index (χ4n) is 4.79. The first kappa shape index (κ1) is 8.60. The molecule has 2 aliphatic heterocycles. The lowest BCUT2D eigenvalue weighted by Gasteiger charge is -2.51. The largest absolute Gasteiger partial charge is 0.450 e. The van der Waals surface area contributed by atoms with Crippen LogP contribution in [0, 0.1) is 11.3 Å². The standard InChI is InChI=1S/C21H35N3O3/c1-3-27-19(26)24-12-9-21(15-24)13-17(14-21)23-10-5-16(6-11-23)18(25)22-20(2)7-4-8-20/h16-17H,3-15H2,1-2H3,(H,22,25)/t17-,21-/i1D3,2D3,3D2,4D2,7D2,8D2. The summed E-state index contributed by atoms with van der Waals surface area (Å²) in [5.74, 6) is -1.53. The average Bonchev–Trinajstić information content (AvgIpc) is 3.25. The third-order valence-corrected chi connectivity index (χ3v) is 6.40. The van der Waals surface area contributed by atoms with Gasteiger partial charge in [-0.1, -0.05) is 0 Å². The van der Waals surface area contributed by atoms with Crippen molar-refractivity contribution in [3.05, 3.63) is 0 Å². The van der Waals surface area contributed by atoms with E-state index in [1.165, 1.54) is 4.90 Å². The smallest absolute Gasteiger partial charge is 0.409 e. The maximum Gasteiger partial charge on any atom is 0.409 e. The summed E-state index contributed by atoms with van der Waals surface area (Å²) in [5, 5.41) is 2.11. The third kappa shape index (κ3) is 3.82. The van der Waals surface area contributed by atoms with Gasteiger partial charge in [-0.2, -0.15) is 0 Å². The van der Waals surface area contributed by atoms with Crippen molar-refractivity contribution in [1.82, 2.24) is 15.1 Å². The van der Waals surface area contributed by atoms with Crippen molar-refractivity contribution >= 4 is 12.0 Å². The summed E-state index contributed by atoms with van der Waals surface area (Å²) in [6.45, 7) is -7.98. The molecule has 0 aromatic carbocycles. The molecule has 0 atom stereocenters. The summed E-state index contributed by atoms with van der Waals surface area (Å²) >= 11 is 0. The maximum absolute atomic E-state index is 13.1. The Kier molecular flexibility index (Phi) is 2.31. The molecule has 6 heteroatoms. The van der Waals surface area contributed by atoms with Crippen LogP contribution in [0.25, 0.3) is 0 Å². The average molecular weight is 392 g/mol. The highest BCUT2D eigenvalue weighted by Crippen LogP contribution is 2.50. The molecule has 0 bridgehead atoms. The molecular weight excluding hydrogens is 342 g/mol. The summed E-state index contributed by atoms with van der Waals surface area (Å²) in [6, 6.07) is 0.152. The first-order valence-electron chi connectivity index (χ1n) is 16.4. The van der Waals surface area contributed by atoms with Crippen LogP contribution in [0.1, 0.15) is 84.1 Å². The Morgan fingerprint density at radius 2 is 2.07 bits per heavy atom. The number of nitrogens with zero attached hydrogens (tertiary/aromatic N) is 2. The van der Waals surface area contributed by atoms with E-state index in [0.717, 1.165) is 12.8 Å². The zero-order valence-electron chi connectivity index (χ0n) is 29.1. The normalized spacial score (nSPS) is 42.6. The van der Waals surface area contributed by atoms with Crippen LogP contribution < -0.4 is 5.32 Å². The third-order valence-electron chi connectivity index (χ3n) is 6.40. The fraction of sp³-hybridized carbons (Fsp3) is 0.905. The highest BCUT2D eigenvalue weighted by molar-refractivity contribution is 5.79. The van der Waals surface area contributed by atoms with Crippen LogP contribution in [0.15, 0.2) is 0 Å². The molecule has 27 heavy (non-hydrogen) atoms. The van der Waals surface area contributed by atoms with Crippen LogP contribution in [-0.4, -0.2) is 66.1 Å². The van der Waals surface area contributed by atoms with Gasteiger partial charge in [0.25, 0.3) is 0 Å². The number of amides is 2. The number of carbonyl (C=O) groups excluding carboxylic acids is 2. The van der Waals surface area contributed by atoms with Gasteiger partial charge in [-0.25, -0.2) is 4.79 Å². The Balaban J connectivity index is 1.30. The molecular formula is C21H35N3O3. The summed E-state index contributed by atoms with van der Waals surface area (Å²) in [7, 11) is 0. The van der Waals surface area contributed by atoms with E-state index in [-0.39, 0.29) is 11.5 Å². The van der Waals surface area contributed by atoms with Crippen LogP contribution in [0.2, 0.25) is 0 Å². The van der Waals surface area contributed by atoms with E-state index in [2.05, 4.69) is 15.0 Å². The lowest BCUT2D eigenvalue weighted by Crippen LogP contribution is -2.56. The minimum absolute atomic E-state index is 0.152. The molecule has 2 saturated carbocycles. The second-order valence-electron chi connectivity index (χ2n) is 8.13. The first-order valence-corrected chi connectivity index (χ1v) is 9.40. The number of likely N-dealkylation sites (tertiary alicyclic amines) is 2. The lowest BCUT2D eigenvalue weighted by molar-refractivity contribution is -0.130. The summed E-state index contributed by atoms with van der Waals surface area (Å²) in [4.78, 5) is 29.0. The van der Waals surface area contributed by atoms with Crippen molar-refractivity contribution in [2.75, 3.05) is 32.7 Å². The van der Waals surface area contributed by atoms with Crippen LogP contribution in [-0.2, 0) is 9.53 Å². The molecule has 152 valence electrons. The monoisotopic (exact) mass is 391 g/mol. The SMILES string of the molecule is [2H]C([2H])([2H])C([2H])([2H])OC(=O)N1CC[C@]2(C1)C[C@H](N1CCC(C(=O)NC3(C([2H])([2H])[2H])C([2H])([2H])C([2H])([2H])C3([2H])[2H])CC1)C2. The van der Waals surface area contributed by atoms with Gasteiger partial charge in [0.1, 0.15) is 0 Å². The minimum atomic E-state index is -3.35. The number of carbonyl (C=O) groups is 2. The van der Waals surface area contributed by atoms with Gasteiger partial charge in [0.05, 0.1) is 9.30 Å². The van der Waals surface area contributed by atoms with Crippen molar-refractivity contribution in [3.8, 4) is 0 Å². The molecule has 2 saturated heterocycles. The highest BCUT2D eigenvalue weighted by Gasteiger charge is 2.51. The highest BCUT2D eigenvalue weighted by atomic mass is 16.6. The Hall–Kier alpha value is -1.30. The number of rotatable bonds is 4. The molecule has 0 unspecified atom stereocenters. The van der Waals surface area contributed by atoms with Crippen molar-refractivity contribution in [3.63, 3.8) is 0 Å². The van der Waals surface area contributed by atoms with Crippen molar-refractivity contribution in [2.24, 2.45) is 11.3 Å². The van der Waals surface area contributed by atoms with E-state index in [1.54, 1.807) is 0 Å². The van der Waals surface area contributed by atoms with E-state index >= 15 is 0 Å². The topological polar surface area (TPSA) is 61.9 Å². The molecule has 0 aromatic rings. The first-order chi connectivity index (χ1) is 18.4. The van der Waals surface area contributed by atoms with Crippen LogP contribution in [0.3, 0.4) is 0 Å². The second-order valence-corrected chi connectivity index (χ2v) is 8.13. The van der Waals surface area contributed by atoms with E-state index in [1.807, 2.05) is 0 Å². The van der Waals surface area contributed by atoms with Crippen LogP contribution >= 0.6 is 0 Å². The molecule has 4 aliphatic rings. The van der Waals surface area contributed by atoms with Crippen LogP contribution in [0.5, 0.6) is 0 Å². The summed E-state index contributed by atoms with van der Waals surface area (Å²) in [6.07, 6.45) is -7.75. The summed E-state index contributed by atoms with van der Waals surface area (Å²) in [5.41, 5.74) is -3.24. The van der Waals surface area contributed by atoms with Gasteiger partial charge in [-0.15, -0.1) is 0 Å². The molecule has 1 N–H and O–H groups in total. The van der Waals surface area contributed by atoms with E-state index in [0.29, 0.717) is 45.4 Å². The predicted octanol–water partition coefficient (Wildman–Crippen LogP) is 2.77. The number of hydrogen-bond donors (Lipinski definition) is 1. The number of piperidine rings is 1. The van der Waals surface area contributed by atoms with E-state index in [4.69, 9.17) is 19.2 Å². The molecule has 0 aromatic heterocycles. The number of nitrogens with one attached hydrogen (secondary N) is 1. The van der Waals surface area contributed by atoms with Gasteiger partial charge in [0.2, 0.25) is 5.91 Å². The van der Waals surface area contributed by atoms with Gasteiger partial charge in [0, 0.05) is 47.0 Å². The molecule has 2 amide bonds. The molecule has 2 heterocycles. The Morgan fingerprint density at radius 3 is 2.78 bits per heavy atom. The molecule has 1 spiro atoms. The molecule has 0 radical (unpaired) electrons. The molecule has 6 nitrogen and oxygen atoms in total. The van der Waals surface area contributed by atoms with Crippen molar-refractivity contribution in [2.45, 2.75) is 76.5 Å². The van der Waals surface area contributed by atoms with Gasteiger partial charge in [-0.05, 0) is 83.4 Å². The Labute approximate surface area is 182 Å². The molecule has 2 aliphatic carbocycles. The zero-order chi connectivity index (χ0) is 31.2. The number of hydrogen-bond acceptors (Lipinski definition) is 4. The maximum atomic E-state index is 13.1. The quantitative estimate of drug-likeness (QED) is 0.800. The zero-order valence-corrected chi connectivity index (χ0v) is 15.1. The van der Waals surface area contributed by atoms with Gasteiger partial charge >= 0.3 is 6.09 Å². The lowest BCUT2D eigenvalue weighted by atomic mass is 9.64. The Bertz CT molecular complexity index is 1040. The molecule has 4 fully saturated rings. The van der Waals surface area contributed by atoms with Gasteiger partial charge in [0.15, 0.2) is 0 Å². The van der Waals surface area contributed by atoms with Gasteiger partial charge in [-0.3, -0.25) is 4.79 Å². The molecule has 4 rings (SSSR count). The second kappa shape index (κ2) is 7.26. The van der Waals surface area contributed by atoms with Gasteiger partial charge < -0.3 is 19.9 Å². The van der Waals surface area contributed by atoms with Crippen molar-refractivity contribution < 1.29 is 33.5 Å². The van der Waals surface area contributed by atoms with Crippen molar-refractivity contribution in [1.29, 1.82) is 0 Å². The minimum Gasteiger partial charge on any atom is -0.450 e. The number of ether oxygens (including phenoxy) is 1. The van der Waals surface area contributed by atoms with E-state index < -0.39 is 62.8 Å².